The summed E-state index contributed by atoms with van der Waals surface area (Å²) in [7, 11) is 0. The quantitative estimate of drug-likeness (QED) is 0.737. The Morgan fingerprint density at radius 2 is 2.00 bits per heavy atom. The van der Waals surface area contributed by atoms with E-state index in [0.717, 1.165) is 13.1 Å². The molecule has 78 valence electrons. The van der Waals surface area contributed by atoms with E-state index < -0.39 is 5.60 Å². The maximum absolute atomic E-state index is 9.88. The lowest BCUT2D eigenvalue weighted by Crippen LogP contribution is -2.48. The fraction of sp³-hybridized carbons (Fsp3) is 1.00. The summed E-state index contributed by atoms with van der Waals surface area (Å²) >= 11 is 2.02. The van der Waals surface area contributed by atoms with Gasteiger partial charge in [-0.15, -0.1) is 0 Å². The average Bonchev–Trinajstić information content (AvgIpc) is 2.28. The highest BCUT2D eigenvalue weighted by Gasteiger charge is 2.28. The van der Waals surface area contributed by atoms with Crippen LogP contribution in [0, 0.1) is 0 Å². The van der Waals surface area contributed by atoms with E-state index in [0.29, 0.717) is 0 Å². The summed E-state index contributed by atoms with van der Waals surface area (Å²) < 4.78 is 0. The van der Waals surface area contributed by atoms with Crippen LogP contribution < -0.4 is 0 Å². The van der Waals surface area contributed by atoms with Crippen LogP contribution in [0.3, 0.4) is 0 Å². The van der Waals surface area contributed by atoms with Crippen molar-refractivity contribution in [2.45, 2.75) is 38.8 Å². The highest BCUT2D eigenvalue weighted by atomic mass is 32.2. The molecule has 0 bridgehead atoms. The largest absolute Gasteiger partial charge is 0.389 e. The Kier molecular flexibility index (Phi) is 4.07. The van der Waals surface area contributed by atoms with Crippen molar-refractivity contribution < 1.29 is 5.11 Å². The predicted octanol–water partition coefficient (Wildman–Crippen LogP) is 1.58. The normalized spacial score (nSPS) is 24.0. The molecule has 1 fully saturated rings. The summed E-state index contributed by atoms with van der Waals surface area (Å²) in [6, 6.07) is 0.270. The molecule has 0 aromatic heterocycles. The molecular weight excluding hydrogens is 182 g/mol. The summed E-state index contributed by atoms with van der Waals surface area (Å²) in [6.45, 7) is 8.18. The van der Waals surface area contributed by atoms with Gasteiger partial charge in [0.2, 0.25) is 0 Å². The molecule has 1 atom stereocenters. The monoisotopic (exact) mass is 203 g/mol. The van der Waals surface area contributed by atoms with Gasteiger partial charge in [-0.05, 0) is 39.5 Å². The lowest BCUT2D eigenvalue weighted by Gasteiger charge is -2.35. The molecule has 0 amide bonds. The van der Waals surface area contributed by atoms with E-state index >= 15 is 0 Å². The molecule has 1 unspecified atom stereocenters. The van der Waals surface area contributed by atoms with E-state index in [1.165, 1.54) is 17.9 Å². The SMILES string of the molecule is CC(N1CCCSCC1)C(C)(C)O. The van der Waals surface area contributed by atoms with Crippen LogP contribution >= 0.6 is 11.8 Å². The molecule has 1 aliphatic heterocycles. The van der Waals surface area contributed by atoms with Crippen molar-refractivity contribution in [3.05, 3.63) is 0 Å². The molecule has 3 heteroatoms. The summed E-state index contributed by atoms with van der Waals surface area (Å²) in [5.41, 5.74) is -0.574. The Hall–Kier alpha value is 0.270. The Labute approximate surface area is 85.7 Å². The number of nitrogens with zero attached hydrogens (tertiary/aromatic N) is 1. The van der Waals surface area contributed by atoms with E-state index in [2.05, 4.69) is 11.8 Å². The van der Waals surface area contributed by atoms with Gasteiger partial charge in [-0.3, -0.25) is 4.90 Å². The zero-order valence-corrected chi connectivity index (χ0v) is 9.73. The first-order chi connectivity index (χ1) is 6.02. The number of thioether (sulfide) groups is 1. The second-order valence-electron chi connectivity index (χ2n) is 4.33. The highest BCUT2D eigenvalue weighted by Crippen LogP contribution is 2.19. The van der Waals surface area contributed by atoms with Crippen molar-refractivity contribution in [1.82, 2.24) is 4.90 Å². The molecule has 0 aromatic carbocycles. The smallest absolute Gasteiger partial charge is 0.0743 e. The van der Waals surface area contributed by atoms with Crippen LogP contribution in [-0.2, 0) is 0 Å². The van der Waals surface area contributed by atoms with Gasteiger partial charge >= 0.3 is 0 Å². The van der Waals surface area contributed by atoms with Gasteiger partial charge in [0.1, 0.15) is 0 Å². The van der Waals surface area contributed by atoms with Gasteiger partial charge in [0.25, 0.3) is 0 Å². The van der Waals surface area contributed by atoms with Gasteiger partial charge in [0, 0.05) is 18.3 Å². The molecule has 0 spiro atoms. The molecule has 0 aliphatic carbocycles. The van der Waals surface area contributed by atoms with E-state index in [1.54, 1.807) is 0 Å². The van der Waals surface area contributed by atoms with Crippen LogP contribution in [0.25, 0.3) is 0 Å². The topological polar surface area (TPSA) is 23.5 Å². The molecule has 0 aromatic rings. The third kappa shape index (κ3) is 3.49. The third-order valence-corrected chi connectivity index (χ3v) is 3.88. The minimum atomic E-state index is -0.574. The van der Waals surface area contributed by atoms with Crippen LogP contribution in [0.2, 0.25) is 0 Å². The second kappa shape index (κ2) is 4.67. The summed E-state index contributed by atoms with van der Waals surface area (Å²) in [6.07, 6.45) is 1.26. The molecule has 0 radical (unpaired) electrons. The van der Waals surface area contributed by atoms with E-state index in [-0.39, 0.29) is 6.04 Å². The number of hydrogen-bond donors (Lipinski definition) is 1. The molecular formula is C10H21NOS. The van der Waals surface area contributed by atoms with E-state index in [4.69, 9.17) is 0 Å². The molecule has 1 N–H and O–H groups in total. The second-order valence-corrected chi connectivity index (χ2v) is 5.56. The zero-order valence-electron chi connectivity index (χ0n) is 8.92. The van der Waals surface area contributed by atoms with Crippen molar-refractivity contribution in [1.29, 1.82) is 0 Å². The Morgan fingerprint density at radius 3 is 2.62 bits per heavy atom. The van der Waals surface area contributed by atoms with Gasteiger partial charge in [-0.2, -0.15) is 11.8 Å². The van der Waals surface area contributed by atoms with E-state index in [9.17, 15) is 5.11 Å². The van der Waals surface area contributed by atoms with Crippen LogP contribution in [0.4, 0.5) is 0 Å². The predicted molar refractivity (Wildman–Crippen MR) is 59.3 cm³/mol. The van der Waals surface area contributed by atoms with Gasteiger partial charge in [-0.1, -0.05) is 0 Å². The lowest BCUT2D eigenvalue weighted by atomic mass is 9.99. The van der Waals surface area contributed by atoms with Crippen molar-refractivity contribution in [3.8, 4) is 0 Å². The van der Waals surface area contributed by atoms with Crippen molar-refractivity contribution in [3.63, 3.8) is 0 Å². The van der Waals surface area contributed by atoms with Crippen LogP contribution in [0.15, 0.2) is 0 Å². The Bertz CT molecular complexity index is 147. The Morgan fingerprint density at radius 1 is 1.31 bits per heavy atom. The van der Waals surface area contributed by atoms with Crippen molar-refractivity contribution in [2.75, 3.05) is 24.6 Å². The van der Waals surface area contributed by atoms with Crippen molar-refractivity contribution in [2.24, 2.45) is 0 Å². The fourth-order valence-electron chi connectivity index (χ4n) is 1.60. The van der Waals surface area contributed by atoms with Gasteiger partial charge < -0.3 is 5.11 Å². The number of rotatable bonds is 2. The lowest BCUT2D eigenvalue weighted by molar-refractivity contribution is -0.00892. The van der Waals surface area contributed by atoms with Gasteiger partial charge in [-0.25, -0.2) is 0 Å². The molecule has 0 saturated carbocycles. The summed E-state index contributed by atoms with van der Waals surface area (Å²) in [5.74, 6) is 2.48. The summed E-state index contributed by atoms with van der Waals surface area (Å²) in [5, 5.41) is 9.88. The molecule has 13 heavy (non-hydrogen) atoms. The van der Waals surface area contributed by atoms with Crippen molar-refractivity contribution >= 4 is 11.8 Å². The molecule has 1 heterocycles. The van der Waals surface area contributed by atoms with Gasteiger partial charge in [0.15, 0.2) is 0 Å². The zero-order chi connectivity index (χ0) is 9.90. The molecule has 1 rings (SSSR count). The third-order valence-electron chi connectivity index (χ3n) is 2.83. The summed E-state index contributed by atoms with van der Waals surface area (Å²) in [4.78, 5) is 2.40. The van der Waals surface area contributed by atoms with Crippen LogP contribution in [0.5, 0.6) is 0 Å². The first kappa shape index (κ1) is 11.3. The van der Waals surface area contributed by atoms with Crippen LogP contribution in [0.1, 0.15) is 27.2 Å². The van der Waals surface area contributed by atoms with Crippen LogP contribution in [-0.4, -0.2) is 46.2 Å². The van der Waals surface area contributed by atoms with E-state index in [1.807, 2.05) is 25.6 Å². The maximum Gasteiger partial charge on any atom is 0.0743 e. The number of aliphatic hydroxyl groups is 1. The fourth-order valence-corrected chi connectivity index (χ4v) is 2.50. The molecule has 1 saturated heterocycles. The first-order valence-electron chi connectivity index (χ1n) is 5.06. The highest BCUT2D eigenvalue weighted by molar-refractivity contribution is 7.99. The minimum absolute atomic E-state index is 0.270. The molecule has 2 nitrogen and oxygen atoms in total. The number of hydrogen-bond acceptors (Lipinski definition) is 3. The average molecular weight is 203 g/mol. The maximum atomic E-state index is 9.88. The molecule has 1 aliphatic rings. The van der Waals surface area contributed by atoms with Gasteiger partial charge in [0.05, 0.1) is 5.60 Å². The first-order valence-corrected chi connectivity index (χ1v) is 6.21. The Balaban J connectivity index is 2.48. The standard InChI is InChI=1S/C10H21NOS/c1-9(10(2,3)12)11-5-4-7-13-8-6-11/h9,12H,4-8H2,1-3H3. The minimum Gasteiger partial charge on any atom is -0.389 e.